The number of carbonyl (C=O) groups excluding carboxylic acids is 2. The first-order valence-electron chi connectivity index (χ1n) is 11.7. The minimum absolute atomic E-state index is 0.0313. The molecule has 1 N–H and O–H groups in total. The molecule has 2 amide bonds. The van der Waals surface area contributed by atoms with Crippen LogP contribution in [0.5, 0.6) is 0 Å². The summed E-state index contributed by atoms with van der Waals surface area (Å²) in [6.45, 7) is 2.79. The van der Waals surface area contributed by atoms with Gasteiger partial charge >= 0.3 is 0 Å². The lowest BCUT2D eigenvalue weighted by Crippen LogP contribution is -2.51. The number of rotatable bonds is 11. The highest BCUT2D eigenvalue weighted by molar-refractivity contribution is 6.36. The van der Waals surface area contributed by atoms with Crippen molar-refractivity contribution >= 4 is 46.6 Å². The zero-order chi connectivity index (χ0) is 25.2. The normalized spacial score (nSPS) is 11.7. The van der Waals surface area contributed by atoms with Crippen molar-refractivity contribution in [2.45, 2.75) is 45.2 Å². The summed E-state index contributed by atoms with van der Waals surface area (Å²) >= 11 is 19.2. The summed E-state index contributed by atoms with van der Waals surface area (Å²) in [7, 11) is 0. The van der Waals surface area contributed by atoms with Crippen molar-refractivity contribution in [3.05, 3.63) is 105 Å². The fourth-order valence-electron chi connectivity index (χ4n) is 3.82. The van der Waals surface area contributed by atoms with E-state index in [4.69, 9.17) is 34.8 Å². The van der Waals surface area contributed by atoms with Crippen LogP contribution in [0, 0.1) is 0 Å². The van der Waals surface area contributed by atoms with Crippen LogP contribution in [0.15, 0.2) is 72.8 Å². The lowest BCUT2D eigenvalue weighted by molar-refractivity contribution is -0.140. The second-order valence-corrected chi connectivity index (χ2v) is 9.56. The van der Waals surface area contributed by atoms with Crippen molar-refractivity contribution in [3.8, 4) is 0 Å². The highest BCUT2D eigenvalue weighted by Crippen LogP contribution is 2.27. The van der Waals surface area contributed by atoms with E-state index in [2.05, 4.69) is 12.2 Å². The molecule has 3 aromatic rings. The molecule has 3 rings (SSSR count). The Morgan fingerprint density at radius 2 is 1.49 bits per heavy atom. The summed E-state index contributed by atoms with van der Waals surface area (Å²) in [5.74, 6) is -0.459. The maximum atomic E-state index is 13.8. The number of hydrogen-bond acceptors (Lipinski definition) is 2. The molecule has 0 saturated heterocycles. The molecular weight excluding hydrogens is 503 g/mol. The van der Waals surface area contributed by atoms with Gasteiger partial charge in [-0.05, 0) is 41.3 Å². The maximum absolute atomic E-state index is 13.8. The van der Waals surface area contributed by atoms with Gasteiger partial charge in [0.25, 0.3) is 0 Å². The molecule has 0 saturated carbocycles. The summed E-state index contributed by atoms with van der Waals surface area (Å²) in [4.78, 5) is 28.8. The van der Waals surface area contributed by atoms with Crippen LogP contribution in [0.1, 0.15) is 36.5 Å². The van der Waals surface area contributed by atoms with E-state index >= 15 is 0 Å². The molecule has 0 spiro atoms. The van der Waals surface area contributed by atoms with Crippen molar-refractivity contribution in [1.82, 2.24) is 10.2 Å². The molecular formula is C28H29Cl3N2O2. The predicted molar refractivity (Wildman–Crippen MR) is 144 cm³/mol. The van der Waals surface area contributed by atoms with Gasteiger partial charge < -0.3 is 10.2 Å². The van der Waals surface area contributed by atoms with Crippen LogP contribution in [0.2, 0.25) is 15.1 Å². The highest BCUT2D eigenvalue weighted by Gasteiger charge is 2.31. The van der Waals surface area contributed by atoms with Crippen LogP contribution in [0.25, 0.3) is 0 Å². The van der Waals surface area contributed by atoms with Crippen molar-refractivity contribution in [2.24, 2.45) is 0 Å². The van der Waals surface area contributed by atoms with Gasteiger partial charge in [0.2, 0.25) is 11.8 Å². The molecule has 7 heteroatoms. The molecule has 184 valence electrons. The molecule has 0 aliphatic heterocycles. The minimum Gasteiger partial charge on any atom is -0.354 e. The van der Waals surface area contributed by atoms with Gasteiger partial charge in [0.15, 0.2) is 0 Å². The Morgan fingerprint density at radius 1 is 0.857 bits per heavy atom. The molecule has 0 heterocycles. The van der Waals surface area contributed by atoms with E-state index in [0.29, 0.717) is 33.6 Å². The fourth-order valence-corrected chi connectivity index (χ4v) is 4.55. The first kappa shape index (κ1) is 27.1. The van der Waals surface area contributed by atoms with Gasteiger partial charge in [-0.1, -0.05) is 103 Å². The van der Waals surface area contributed by atoms with E-state index in [1.807, 2.05) is 48.5 Å². The third-order valence-corrected chi connectivity index (χ3v) is 6.87. The van der Waals surface area contributed by atoms with Crippen LogP contribution in [0.3, 0.4) is 0 Å². The Balaban J connectivity index is 1.99. The molecule has 0 radical (unpaired) electrons. The van der Waals surface area contributed by atoms with Crippen molar-refractivity contribution in [1.29, 1.82) is 0 Å². The van der Waals surface area contributed by atoms with Crippen LogP contribution >= 0.6 is 34.8 Å². The summed E-state index contributed by atoms with van der Waals surface area (Å²) in [6.07, 6.45) is 2.15. The number of benzene rings is 3. The smallest absolute Gasteiger partial charge is 0.243 e. The quantitative estimate of drug-likeness (QED) is 0.278. The van der Waals surface area contributed by atoms with E-state index in [0.717, 1.165) is 24.0 Å². The fraction of sp³-hybridized carbons (Fsp3) is 0.286. The Kier molecular flexibility index (Phi) is 10.5. The molecule has 0 aliphatic carbocycles. The Morgan fingerprint density at radius 3 is 2.14 bits per heavy atom. The summed E-state index contributed by atoms with van der Waals surface area (Å²) < 4.78 is 0. The summed E-state index contributed by atoms with van der Waals surface area (Å²) in [5, 5.41) is 4.37. The van der Waals surface area contributed by atoms with Gasteiger partial charge in [-0.15, -0.1) is 0 Å². The molecule has 3 aromatic carbocycles. The Labute approximate surface area is 222 Å². The van der Waals surface area contributed by atoms with E-state index in [-0.39, 0.29) is 24.8 Å². The molecule has 35 heavy (non-hydrogen) atoms. The van der Waals surface area contributed by atoms with Gasteiger partial charge in [-0.3, -0.25) is 9.59 Å². The minimum atomic E-state index is -0.737. The standard InChI is InChI=1S/C28H29Cl3N2O2/c1-2-3-16-32-28(35)26(17-20-10-5-4-6-11-20)33(19-21-12-7-8-13-23(21)29)27(34)18-22-24(30)14-9-15-25(22)31/h4-15,26H,2-3,16-19H2,1H3,(H,32,35)/t26-/m0/s1. The van der Waals surface area contributed by atoms with E-state index in [9.17, 15) is 9.59 Å². The second-order valence-electron chi connectivity index (χ2n) is 8.34. The zero-order valence-electron chi connectivity index (χ0n) is 19.6. The second kappa shape index (κ2) is 13.5. The third kappa shape index (κ3) is 7.73. The van der Waals surface area contributed by atoms with Crippen molar-refractivity contribution < 1.29 is 9.59 Å². The summed E-state index contributed by atoms with van der Waals surface area (Å²) in [6, 6.07) is 21.4. The first-order valence-corrected chi connectivity index (χ1v) is 12.8. The van der Waals surface area contributed by atoms with Gasteiger partial charge in [0.05, 0.1) is 6.42 Å². The molecule has 0 unspecified atom stereocenters. The SMILES string of the molecule is CCCCNC(=O)[C@H](Cc1ccccc1)N(Cc1ccccc1Cl)C(=O)Cc1c(Cl)cccc1Cl. The van der Waals surface area contributed by atoms with Crippen LogP contribution in [-0.4, -0.2) is 29.3 Å². The average Bonchev–Trinajstić information content (AvgIpc) is 2.85. The molecule has 0 aliphatic rings. The molecule has 4 nitrogen and oxygen atoms in total. The molecule has 1 atom stereocenters. The van der Waals surface area contributed by atoms with E-state index in [1.54, 1.807) is 29.2 Å². The lowest BCUT2D eigenvalue weighted by Gasteiger charge is -2.32. The van der Waals surface area contributed by atoms with E-state index in [1.165, 1.54) is 0 Å². The first-order chi connectivity index (χ1) is 16.9. The number of halogens is 3. The summed E-state index contributed by atoms with van der Waals surface area (Å²) in [5.41, 5.74) is 2.25. The number of nitrogens with zero attached hydrogens (tertiary/aromatic N) is 1. The zero-order valence-corrected chi connectivity index (χ0v) is 21.9. The maximum Gasteiger partial charge on any atom is 0.243 e. The molecule has 0 bridgehead atoms. The lowest BCUT2D eigenvalue weighted by atomic mass is 10.0. The largest absolute Gasteiger partial charge is 0.354 e. The molecule has 0 fully saturated rings. The number of amides is 2. The van der Waals surface area contributed by atoms with Gasteiger partial charge in [0.1, 0.15) is 6.04 Å². The van der Waals surface area contributed by atoms with Gasteiger partial charge in [-0.2, -0.15) is 0 Å². The molecule has 0 aromatic heterocycles. The van der Waals surface area contributed by atoms with E-state index < -0.39 is 6.04 Å². The topological polar surface area (TPSA) is 49.4 Å². The van der Waals surface area contributed by atoms with Crippen LogP contribution < -0.4 is 5.32 Å². The monoisotopic (exact) mass is 530 g/mol. The number of carbonyl (C=O) groups is 2. The van der Waals surface area contributed by atoms with Crippen molar-refractivity contribution in [2.75, 3.05) is 6.54 Å². The third-order valence-electron chi connectivity index (χ3n) is 5.79. The number of hydrogen-bond donors (Lipinski definition) is 1. The predicted octanol–water partition coefficient (Wildman–Crippen LogP) is 6.75. The van der Waals surface area contributed by atoms with Crippen LogP contribution in [-0.2, 0) is 29.0 Å². The van der Waals surface area contributed by atoms with Gasteiger partial charge in [0, 0.05) is 34.6 Å². The Bertz CT molecular complexity index is 1120. The van der Waals surface area contributed by atoms with Crippen LogP contribution in [0.4, 0.5) is 0 Å². The Hall–Kier alpha value is -2.53. The highest BCUT2D eigenvalue weighted by atomic mass is 35.5. The number of unbranched alkanes of at least 4 members (excludes halogenated alkanes) is 1. The van der Waals surface area contributed by atoms with Gasteiger partial charge in [-0.25, -0.2) is 0 Å². The number of nitrogens with one attached hydrogen (secondary N) is 1. The average molecular weight is 532 g/mol. The van der Waals surface area contributed by atoms with Crippen molar-refractivity contribution in [3.63, 3.8) is 0 Å².